The average molecular weight is 186 g/mol. The number of piperidine rings is 1. The van der Waals surface area contributed by atoms with Crippen LogP contribution in [0.1, 0.15) is 39.5 Å². The summed E-state index contributed by atoms with van der Waals surface area (Å²) >= 11 is 0. The first-order chi connectivity index (χ1) is 6.36. The van der Waals surface area contributed by atoms with Gasteiger partial charge in [0, 0.05) is 6.42 Å². The van der Waals surface area contributed by atoms with Crippen LogP contribution in [0.25, 0.3) is 0 Å². The van der Waals surface area contributed by atoms with Crippen LogP contribution in [0.2, 0.25) is 0 Å². The molecule has 0 amide bonds. The van der Waals surface area contributed by atoms with Crippen LogP contribution in [-0.2, 0) is 0 Å². The summed E-state index contributed by atoms with van der Waals surface area (Å²) in [6.45, 7) is 9.94. The fourth-order valence-corrected chi connectivity index (χ4v) is 2.28. The molecule has 1 aliphatic heterocycles. The van der Waals surface area contributed by atoms with E-state index in [2.05, 4.69) is 19.2 Å². The monoisotopic (exact) mass is 186 g/mol. The molecule has 0 spiro atoms. The molecule has 1 fully saturated rings. The van der Waals surface area contributed by atoms with E-state index in [1.54, 1.807) is 4.90 Å². The number of rotatable bonds is 5. The molecule has 0 unspecified atom stereocenters. The first-order valence-corrected chi connectivity index (χ1v) is 6.03. The molecular formula is C11H26N2+2. The number of quaternary nitrogens is 2. The molecular weight excluding hydrogens is 160 g/mol. The Kier molecular flexibility index (Phi) is 5.40. The predicted octanol–water partition coefficient (Wildman–Crippen LogP) is -0.583. The van der Waals surface area contributed by atoms with E-state index in [1.807, 2.05) is 0 Å². The average Bonchev–Trinajstić information content (AvgIpc) is 2.21. The van der Waals surface area contributed by atoms with Crippen molar-refractivity contribution in [3.8, 4) is 0 Å². The molecule has 3 N–H and O–H groups in total. The summed E-state index contributed by atoms with van der Waals surface area (Å²) < 4.78 is 0. The first-order valence-electron chi connectivity index (χ1n) is 6.03. The third-order valence-electron chi connectivity index (χ3n) is 3.40. The van der Waals surface area contributed by atoms with Gasteiger partial charge in [-0.2, -0.15) is 0 Å². The van der Waals surface area contributed by atoms with Gasteiger partial charge in [0.25, 0.3) is 0 Å². The molecule has 2 heteroatoms. The molecule has 1 atom stereocenters. The van der Waals surface area contributed by atoms with Gasteiger partial charge in [0.2, 0.25) is 0 Å². The smallest absolute Gasteiger partial charge is 0.0913 e. The molecule has 13 heavy (non-hydrogen) atoms. The maximum Gasteiger partial charge on any atom is 0.0913 e. The zero-order chi connectivity index (χ0) is 9.52. The van der Waals surface area contributed by atoms with Gasteiger partial charge in [-0.1, -0.05) is 0 Å². The van der Waals surface area contributed by atoms with Gasteiger partial charge in [-0.15, -0.1) is 0 Å². The molecule has 78 valence electrons. The van der Waals surface area contributed by atoms with Crippen molar-refractivity contribution < 1.29 is 10.2 Å². The summed E-state index contributed by atoms with van der Waals surface area (Å²) in [5.74, 6) is 0. The number of hydrogen-bond acceptors (Lipinski definition) is 0. The highest BCUT2D eigenvalue weighted by molar-refractivity contribution is 4.58. The Morgan fingerprint density at radius 3 is 2.54 bits per heavy atom. The van der Waals surface area contributed by atoms with Gasteiger partial charge < -0.3 is 10.2 Å². The molecule has 0 saturated carbocycles. The van der Waals surface area contributed by atoms with Crippen LogP contribution >= 0.6 is 0 Å². The second-order valence-electron chi connectivity index (χ2n) is 4.28. The van der Waals surface area contributed by atoms with Crippen molar-refractivity contribution in [2.24, 2.45) is 0 Å². The van der Waals surface area contributed by atoms with Crippen LogP contribution in [0.15, 0.2) is 0 Å². The van der Waals surface area contributed by atoms with Crippen LogP contribution < -0.4 is 10.2 Å². The third-order valence-corrected chi connectivity index (χ3v) is 3.40. The number of nitrogens with one attached hydrogen (secondary N) is 1. The molecule has 0 bridgehead atoms. The van der Waals surface area contributed by atoms with Gasteiger partial charge in [0.05, 0.1) is 32.2 Å². The van der Waals surface area contributed by atoms with Gasteiger partial charge in [-0.25, -0.2) is 0 Å². The minimum absolute atomic E-state index is 0.946. The standard InChI is InChI=1S/C11H24N2/c1-3-13(4-2)10-8-11-7-5-6-9-12-11/h11-12H,3-10H2,1-2H3/p+2/t11-/m1/s1. The third kappa shape index (κ3) is 4.10. The van der Waals surface area contributed by atoms with Crippen molar-refractivity contribution in [2.75, 3.05) is 26.2 Å². The Morgan fingerprint density at radius 2 is 2.00 bits per heavy atom. The lowest BCUT2D eigenvalue weighted by Crippen LogP contribution is -3.12. The molecule has 0 aromatic heterocycles. The SMILES string of the molecule is CC[NH+](CC)CC[C@H]1CCCC[NH2+]1. The Hall–Kier alpha value is -0.0800. The van der Waals surface area contributed by atoms with Gasteiger partial charge in [0.15, 0.2) is 0 Å². The highest BCUT2D eigenvalue weighted by Crippen LogP contribution is 2.02. The molecule has 1 saturated heterocycles. The van der Waals surface area contributed by atoms with Crippen molar-refractivity contribution >= 4 is 0 Å². The van der Waals surface area contributed by atoms with E-state index in [9.17, 15) is 0 Å². The molecule has 2 nitrogen and oxygen atoms in total. The largest absolute Gasteiger partial charge is 0.344 e. The van der Waals surface area contributed by atoms with Crippen molar-refractivity contribution in [1.82, 2.24) is 0 Å². The zero-order valence-electron chi connectivity index (χ0n) is 9.31. The van der Waals surface area contributed by atoms with Gasteiger partial charge in [-0.05, 0) is 33.1 Å². The minimum atomic E-state index is 0.946. The van der Waals surface area contributed by atoms with Crippen LogP contribution in [0, 0.1) is 0 Å². The molecule has 0 aromatic carbocycles. The zero-order valence-corrected chi connectivity index (χ0v) is 9.31. The van der Waals surface area contributed by atoms with E-state index in [0.29, 0.717) is 0 Å². The van der Waals surface area contributed by atoms with Crippen molar-refractivity contribution in [2.45, 2.75) is 45.6 Å². The maximum atomic E-state index is 2.56. The van der Waals surface area contributed by atoms with E-state index in [0.717, 1.165) is 6.04 Å². The Balaban J connectivity index is 2.09. The van der Waals surface area contributed by atoms with Crippen molar-refractivity contribution in [1.29, 1.82) is 0 Å². The summed E-state index contributed by atoms with van der Waals surface area (Å²) in [5, 5.41) is 2.56. The molecule has 1 aliphatic rings. The van der Waals surface area contributed by atoms with E-state index < -0.39 is 0 Å². The fourth-order valence-electron chi connectivity index (χ4n) is 2.28. The second kappa shape index (κ2) is 6.39. The van der Waals surface area contributed by atoms with Gasteiger partial charge in [0.1, 0.15) is 0 Å². The fraction of sp³-hybridized carbons (Fsp3) is 1.00. The summed E-state index contributed by atoms with van der Waals surface area (Å²) in [4.78, 5) is 1.76. The van der Waals surface area contributed by atoms with Crippen LogP contribution in [0.3, 0.4) is 0 Å². The Labute approximate surface area is 82.7 Å². The van der Waals surface area contributed by atoms with Crippen LogP contribution in [0.4, 0.5) is 0 Å². The normalized spacial score (nSPS) is 23.8. The van der Waals surface area contributed by atoms with E-state index in [1.165, 1.54) is 51.9 Å². The van der Waals surface area contributed by atoms with Gasteiger partial charge in [-0.3, -0.25) is 0 Å². The number of nitrogens with two attached hydrogens (primary N) is 1. The quantitative estimate of drug-likeness (QED) is 0.573. The second-order valence-corrected chi connectivity index (χ2v) is 4.28. The highest BCUT2D eigenvalue weighted by Gasteiger charge is 2.17. The lowest BCUT2D eigenvalue weighted by Gasteiger charge is -2.22. The molecule has 1 heterocycles. The summed E-state index contributed by atoms with van der Waals surface area (Å²) in [5.41, 5.74) is 0. The molecule has 0 radical (unpaired) electrons. The Morgan fingerprint density at radius 1 is 1.23 bits per heavy atom. The van der Waals surface area contributed by atoms with Crippen LogP contribution in [-0.4, -0.2) is 32.2 Å². The van der Waals surface area contributed by atoms with E-state index in [4.69, 9.17) is 0 Å². The summed E-state index contributed by atoms with van der Waals surface area (Å²) in [7, 11) is 0. The highest BCUT2D eigenvalue weighted by atomic mass is 15.1. The first kappa shape index (κ1) is 11.0. The van der Waals surface area contributed by atoms with Crippen molar-refractivity contribution in [3.05, 3.63) is 0 Å². The summed E-state index contributed by atoms with van der Waals surface area (Å²) in [6.07, 6.45) is 5.79. The van der Waals surface area contributed by atoms with Crippen molar-refractivity contribution in [3.63, 3.8) is 0 Å². The number of hydrogen-bond donors (Lipinski definition) is 2. The molecule has 0 aliphatic carbocycles. The topological polar surface area (TPSA) is 21.1 Å². The van der Waals surface area contributed by atoms with Gasteiger partial charge >= 0.3 is 0 Å². The predicted molar refractivity (Wildman–Crippen MR) is 56.0 cm³/mol. The van der Waals surface area contributed by atoms with E-state index >= 15 is 0 Å². The molecule has 0 aromatic rings. The Bertz CT molecular complexity index is 115. The van der Waals surface area contributed by atoms with Crippen LogP contribution in [0.5, 0.6) is 0 Å². The lowest BCUT2D eigenvalue weighted by atomic mass is 10.0. The lowest BCUT2D eigenvalue weighted by molar-refractivity contribution is -0.899. The maximum absolute atomic E-state index is 2.56. The van der Waals surface area contributed by atoms with E-state index in [-0.39, 0.29) is 0 Å². The molecule has 1 rings (SSSR count). The summed E-state index contributed by atoms with van der Waals surface area (Å²) in [6, 6.07) is 0.946. The minimum Gasteiger partial charge on any atom is -0.344 e.